The van der Waals surface area contributed by atoms with Crippen LogP contribution in [0.15, 0.2) is 40.0 Å². The summed E-state index contributed by atoms with van der Waals surface area (Å²) in [5.74, 6) is 2.32. The van der Waals surface area contributed by atoms with Gasteiger partial charge >= 0.3 is 0 Å². The monoisotopic (exact) mass is 319 g/mol. The normalized spacial score (nSPS) is 11.1. The minimum absolute atomic E-state index is 0.622. The summed E-state index contributed by atoms with van der Waals surface area (Å²) in [6.07, 6.45) is 0. The summed E-state index contributed by atoms with van der Waals surface area (Å²) >= 11 is 1.69. The average molecular weight is 319 g/mol. The zero-order valence-electron chi connectivity index (χ0n) is 13.1. The number of rotatable bonds is 6. The maximum absolute atomic E-state index is 5.39. The molecule has 0 saturated carbocycles. The lowest BCUT2D eigenvalue weighted by atomic mass is 10.2. The molecule has 0 spiro atoms. The van der Waals surface area contributed by atoms with E-state index in [0.717, 1.165) is 29.6 Å². The molecular weight excluding hydrogens is 298 g/mol. The largest absolute Gasteiger partial charge is 0.497 e. The SMILES string of the molecule is CN=C(NCc1ccsc1)NCc1ccc(OC)cc1OC. The molecule has 2 N–H and O–H groups in total. The molecular formula is C16H21N3O2S. The van der Waals surface area contributed by atoms with Crippen LogP contribution in [0.3, 0.4) is 0 Å². The van der Waals surface area contributed by atoms with Gasteiger partial charge in [0.1, 0.15) is 11.5 Å². The van der Waals surface area contributed by atoms with E-state index in [1.807, 2.05) is 18.2 Å². The van der Waals surface area contributed by atoms with Crippen LogP contribution in [-0.4, -0.2) is 27.2 Å². The average Bonchev–Trinajstić information content (AvgIpc) is 3.08. The van der Waals surface area contributed by atoms with Crippen LogP contribution in [0.25, 0.3) is 0 Å². The Morgan fingerprint density at radius 1 is 1.14 bits per heavy atom. The molecule has 22 heavy (non-hydrogen) atoms. The molecule has 0 fully saturated rings. The Balaban J connectivity index is 1.92. The minimum Gasteiger partial charge on any atom is -0.497 e. The van der Waals surface area contributed by atoms with Crippen molar-refractivity contribution in [1.82, 2.24) is 10.6 Å². The topological polar surface area (TPSA) is 54.9 Å². The van der Waals surface area contributed by atoms with E-state index in [4.69, 9.17) is 9.47 Å². The third kappa shape index (κ3) is 4.39. The molecule has 2 rings (SSSR count). The van der Waals surface area contributed by atoms with Crippen molar-refractivity contribution in [3.05, 3.63) is 46.2 Å². The van der Waals surface area contributed by atoms with Gasteiger partial charge in [0.15, 0.2) is 5.96 Å². The summed E-state index contributed by atoms with van der Waals surface area (Å²) in [5, 5.41) is 10.7. The number of hydrogen-bond acceptors (Lipinski definition) is 4. The van der Waals surface area contributed by atoms with Crippen molar-refractivity contribution in [3.63, 3.8) is 0 Å². The van der Waals surface area contributed by atoms with Crippen molar-refractivity contribution >= 4 is 17.3 Å². The van der Waals surface area contributed by atoms with Crippen LogP contribution in [0.4, 0.5) is 0 Å². The Morgan fingerprint density at radius 3 is 2.59 bits per heavy atom. The zero-order chi connectivity index (χ0) is 15.8. The molecule has 1 heterocycles. The molecule has 0 radical (unpaired) electrons. The van der Waals surface area contributed by atoms with Gasteiger partial charge < -0.3 is 20.1 Å². The zero-order valence-corrected chi connectivity index (χ0v) is 13.9. The molecule has 0 bridgehead atoms. The maximum Gasteiger partial charge on any atom is 0.191 e. The van der Waals surface area contributed by atoms with Gasteiger partial charge in [0.25, 0.3) is 0 Å². The Kier molecular flexibility index (Phi) is 6.09. The number of nitrogens with zero attached hydrogens (tertiary/aromatic N) is 1. The first-order chi connectivity index (χ1) is 10.8. The van der Waals surface area contributed by atoms with E-state index >= 15 is 0 Å². The highest BCUT2D eigenvalue weighted by Crippen LogP contribution is 2.24. The number of aliphatic imine (C=N–C) groups is 1. The van der Waals surface area contributed by atoms with Gasteiger partial charge in [-0.2, -0.15) is 11.3 Å². The van der Waals surface area contributed by atoms with Gasteiger partial charge in [0.2, 0.25) is 0 Å². The van der Waals surface area contributed by atoms with Crippen molar-refractivity contribution in [2.45, 2.75) is 13.1 Å². The molecule has 6 heteroatoms. The van der Waals surface area contributed by atoms with Gasteiger partial charge in [-0.05, 0) is 34.5 Å². The van der Waals surface area contributed by atoms with Crippen molar-refractivity contribution in [1.29, 1.82) is 0 Å². The van der Waals surface area contributed by atoms with E-state index in [1.165, 1.54) is 5.56 Å². The second-order valence-electron chi connectivity index (χ2n) is 4.59. The summed E-state index contributed by atoms with van der Waals surface area (Å²) in [6.45, 7) is 1.37. The Hall–Kier alpha value is -2.21. The van der Waals surface area contributed by atoms with Crippen LogP contribution >= 0.6 is 11.3 Å². The van der Waals surface area contributed by atoms with Crippen molar-refractivity contribution < 1.29 is 9.47 Å². The number of methoxy groups -OCH3 is 2. The van der Waals surface area contributed by atoms with Gasteiger partial charge in [-0.25, -0.2) is 0 Å². The van der Waals surface area contributed by atoms with Gasteiger partial charge in [-0.3, -0.25) is 4.99 Å². The fraction of sp³-hybridized carbons (Fsp3) is 0.312. The summed E-state index contributed by atoms with van der Waals surface area (Å²) < 4.78 is 10.6. The first-order valence-corrected chi connectivity index (χ1v) is 7.87. The molecule has 0 atom stereocenters. The van der Waals surface area contributed by atoms with Crippen molar-refractivity contribution in [2.75, 3.05) is 21.3 Å². The number of benzene rings is 1. The van der Waals surface area contributed by atoms with Crippen LogP contribution in [0.2, 0.25) is 0 Å². The van der Waals surface area contributed by atoms with Crippen molar-refractivity contribution in [2.24, 2.45) is 4.99 Å². The summed E-state index contributed by atoms with van der Waals surface area (Å²) in [5.41, 5.74) is 2.29. The van der Waals surface area contributed by atoms with E-state index in [0.29, 0.717) is 6.54 Å². The molecule has 0 saturated heterocycles. The fourth-order valence-electron chi connectivity index (χ4n) is 1.98. The van der Waals surface area contributed by atoms with E-state index in [1.54, 1.807) is 32.6 Å². The van der Waals surface area contributed by atoms with Gasteiger partial charge in [0.05, 0.1) is 14.2 Å². The lowest BCUT2D eigenvalue weighted by molar-refractivity contribution is 0.390. The molecule has 118 valence electrons. The molecule has 0 aliphatic carbocycles. The second-order valence-corrected chi connectivity index (χ2v) is 5.37. The molecule has 0 amide bonds. The first kappa shape index (κ1) is 16.2. The predicted molar refractivity (Wildman–Crippen MR) is 90.9 cm³/mol. The van der Waals surface area contributed by atoms with E-state index in [-0.39, 0.29) is 0 Å². The van der Waals surface area contributed by atoms with E-state index in [2.05, 4.69) is 32.5 Å². The lowest BCUT2D eigenvalue weighted by Crippen LogP contribution is -2.36. The maximum atomic E-state index is 5.39. The quantitative estimate of drug-likeness (QED) is 0.635. The Bertz CT molecular complexity index is 612. The number of hydrogen-bond donors (Lipinski definition) is 2. The molecule has 0 unspecified atom stereocenters. The highest BCUT2D eigenvalue weighted by molar-refractivity contribution is 7.07. The minimum atomic E-state index is 0.622. The third-order valence-corrected chi connectivity index (χ3v) is 3.94. The number of ether oxygens (including phenoxy) is 2. The third-order valence-electron chi connectivity index (χ3n) is 3.20. The molecule has 2 aromatic rings. The number of guanidine groups is 1. The fourth-order valence-corrected chi connectivity index (χ4v) is 2.65. The molecule has 1 aromatic carbocycles. The number of nitrogens with one attached hydrogen (secondary N) is 2. The van der Waals surface area contributed by atoms with Crippen LogP contribution in [0.1, 0.15) is 11.1 Å². The summed E-state index contributed by atoms with van der Waals surface area (Å²) in [6, 6.07) is 7.87. The molecule has 0 aliphatic rings. The van der Waals surface area contributed by atoms with Gasteiger partial charge in [0, 0.05) is 31.8 Å². The van der Waals surface area contributed by atoms with E-state index in [9.17, 15) is 0 Å². The summed E-state index contributed by atoms with van der Waals surface area (Å²) in [7, 11) is 5.05. The van der Waals surface area contributed by atoms with Crippen LogP contribution in [0.5, 0.6) is 11.5 Å². The lowest BCUT2D eigenvalue weighted by Gasteiger charge is -2.14. The predicted octanol–water partition coefficient (Wildman–Crippen LogP) is 2.63. The highest BCUT2D eigenvalue weighted by Gasteiger charge is 2.06. The van der Waals surface area contributed by atoms with Gasteiger partial charge in [-0.1, -0.05) is 0 Å². The number of thiophene rings is 1. The highest BCUT2D eigenvalue weighted by atomic mass is 32.1. The molecule has 1 aromatic heterocycles. The Labute approximate surface area is 135 Å². The molecule has 5 nitrogen and oxygen atoms in total. The van der Waals surface area contributed by atoms with E-state index < -0.39 is 0 Å². The standard InChI is InChI=1S/C16H21N3O2S/c1-17-16(18-9-12-6-7-22-11-12)19-10-13-4-5-14(20-2)8-15(13)21-3/h4-8,11H,9-10H2,1-3H3,(H2,17,18,19). The molecule has 0 aliphatic heterocycles. The van der Waals surface area contributed by atoms with Gasteiger partial charge in [-0.15, -0.1) is 0 Å². The Morgan fingerprint density at radius 2 is 1.95 bits per heavy atom. The first-order valence-electron chi connectivity index (χ1n) is 6.93. The van der Waals surface area contributed by atoms with Crippen LogP contribution in [0, 0.1) is 0 Å². The van der Waals surface area contributed by atoms with Crippen molar-refractivity contribution in [3.8, 4) is 11.5 Å². The second kappa shape index (κ2) is 8.29. The smallest absolute Gasteiger partial charge is 0.191 e. The summed E-state index contributed by atoms with van der Waals surface area (Å²) in [4.78, 5) is 4.22. The van der Waals surface area contributed by atoms with Crippen LogP contribution in [-0.2, 0) is 13.1 Å². The van der Waals surface area contributed by atoms with Crippen LogP contribution < -0.4 is 20.1 Å².